The number of rotatable bonds is 0. The average Bonchev–Trinajstić information content (AvgIpc) is 2.29. The summed E-state index contributed by atoms with van der Waals surface area (Å²) in [6, 6.07) is 0. The van der Waals surface area contributed by atoms with Crippen LogP contribution in [0.4, 0.5) is 0 Å². The van der Waals surface area contributed by atoms with E-state index in [-0.39, 0.29) is 197 Å². The van der Waals surface area contributed by atoms with Crippen molar-refractivity contribution in [3.8, 4) is 0 Å². The first kappa shape index (κ1) is 90.5. The molecule has 0 spiro atoms. The van der Waals surface area contributed by atoms with E-state index < -0.39 is 6.48 Å². The van der Waals surface area contributed by atoms with Gasteiger partial charge in [-0.3, -0.25) is 0 Å². The van der Waals surface area contributed by atoms with Crippen molar-refractivity contribution in [3.63, 3.8) is 0 Å². The number of hydrogen-bond donors (Lipinski definition) is 0. The number of hydrogen-bond acceptors (Lipinski definition) is 18. The van der Waals surface area contributed by atoms with Gasteiger partial charge in [0.2, 0.25) is 0 Å². The minimum absolute atomic E-state index is 0. The van der Waals surface area contributed by atoms with Crippen LogP contribution in [-0.4, -0.2) is 0 Å². The van der Waals surface area contributed by atoms with Crippen molar-refractivity contribution in [2.45, 2.75) is 0 Å². The first-order chi connectivity index (χ1) is 10.9. The maximum atomic E-state index is 8.00. The Hall–Kier alpha value is 5.39. The molecular weight excluding hydrogens is 832 g/mol. The summed E-state index contributed by atoms with van der Waals surface area (Å²) < 4.78 is 0. The van der Waals surface area contributed by atoms with Gasteiger partial charge in [0.1, 0.15) is 0 Å². The summed E-state index contributed by atoms with van der Waals surface area (Å²) in [7, 11) is 30.2. The Kier molecular flexibility index (Phi) is 185. The Bertz CT molecular complexity index is 284. The van der Waals surface area contributed by atoms with Crippen LogP contribution in [0.2, 0.25) is 0 Å². The predicted octanol–water partition coefficient (Wildman–Crippen LogP) is -12.3. The SMILES string of the molecule is O=N[O-].O=N[O-].O=N[O-].O=N[O-].O=N[O-].O=N[O-].[Cl][Rh-3]([Cl])([Cl])([Cl])([Cl])[Cl].[Na+].[Na+].[Na+].[Na+].[Na+].[Na+].[Rh]. The fraction of sp³-hybridized carbons (Fsp3) is 0. The van der Waals surface area contributed by atoms with Gasteiger partial charge in [-0.05, 0) is 0 Å². The van der Waals surface area contributed by atoms with E-state index in [2.05, 4.69) is 0 Å². The van der Waals surface area contributed by atoms with Crippen molar-refractivity contribution in [1.82, 2.24) is 0 Å². The van der Waals surface area contributed by atoms with Crippen molar-refractivity contribution in [2.75, 3.05) is 0 Å². The molecule has 32 heteroatoms. The molecule has 0 heterocycles. The van der Waals surface area contributed by atoms with E-state index in [9.17, 15) is 0 Å². The summed E-state index contributed by atoms with van der Waals surface area (Å²) in [6.45, 7) is -5.15. The third-order valence-corrected chi connectivity index (χ3v) is 0. The number of nitrogens with zero attached hydrogens (tertiary/aromatic N) is 6. The summed E-state index contributed by atoms with van der Waals surface area (Å²) in [5, 5.41) is 54.0. The molecular formula is Cl6N6Na6O12Rh2-3. The summed E-state index contributed by atoms with van der Waals surface area (Å²) in [5.74, 6) is 0. The zero-order valence-corrected chi connectivity index (χ0v) is 36.3. The largest absolute Gasteiger partial charge is 1.00 e. The van der Waals surface area contributed by atoms with Crippen LogP contribution < -0.4 is 177 Å². The summed E-state index contributed by atoms with van der Waals surface area (Å²) >= 11 is 0. The maximum Gasteiger partial charge on any atom is 1.00 e. The third-order valence-electron chi connectivity index (χ3n) is 0. The molecule has 0 saturated heterocycles. The molecule has 0 aliphatic rings. The molecule has 32 heavy (non-hydrogen) atoms. The molecule has 1 radical (unpaired) electrons. The summed E-state index contributed by atoms with van der Waals surface area (Å²) in [4.78, 5) is 48.0. The monoisotopic (exact) mass is 830 g/mol. The molecule has 171 valence electrons. The second-order valence-electron chi connectivity index (χ2n) is 1.16. The van der Waals surface area contributed by atoms with Gasteiger partial charge in [-0.15, -0.1) is 32.0 Å². The van der Waals surface area contributed by atoms with E-state index >= 15 is 0 Å². The van der Waals surface area contributed by atoms with Crippen LogP contribution in [0.1, 0.15) is 0 Å². The van der Waals surface area contributed by atoms with E-state index in [0.717, 1.165) is 32.0 Å². The van der Waals surface area contributed by atoms with Crippen molar-refractivity contribution in [3.05, 3.63) is 60.7 Å². The molecule has 18 nitrogen and oxygen atoms in total. The van der Waals surface area contributed by atoms with Crippen LogP contribution in [0.15, 0.2) is 32.0 Å². The van der Waals surface area contributed by atoms with Crippen LogP contribution in [-0.2, 0) is 26.0 Å². The van der Waals surface area contributed by atoms with Crippen molar-refractivity contribution < 1.29 is 203 Å². The molecule has 0 aromatic rings. The molecule has 0 aliphatic heterocycles. The third kappa shape index (κ3) is 1440. The minimum Gasteiger partial charge on any atom is 0 e. The fourth-order valence-corrected chi connectivity index (χ4v) is 0. The maximum absolute atomic E-state index is 8.00. The van der Waals surface area contributed by atoms with Crippen molar-refractivity contribution in [1.29, 1.82) is 0 Å². The Morgan fingerprint density at radius 3 is 0.375 bits per heavy atom. The predicted molar refractivity (Wildman–Crippen MR) is 90.1 cm³/mol. The molecule has 0 bridgehead atoms. The van der Waals surface area contributed by atoms with Crippen molar-refractivity contribution >= 4 is 58.1 Å². The molecule has 0 amide bonds. The number of halogens is 6. The van der Waals surface area contributed by atoms with Gasteiger partial charge in [0, 0.05) is 19.5 Å². The van der Waals surface area contributed by atoms with Crippen LogP contribution in [0.25, 0.3) is 0 Å². The van der Waals surface area contributed by atoms with Gasteiger partial charge >= 0.3 is 242 Å². The first-order valence-corrected chi connectivity index (χ1v) is 15.6. The summed E-state index contributed by atoms with van der Waals surface area (Å²) in [5.41, 5.74) is 0. The smallest absolute Gasteiger partial charge is 0 e. The molecule has 0 aromatic carbocycles. The van der Waals surface area contributed by atoms with Crippen LogP contribution >= 0.6 is 58.1 Å². The minimum atomic E-state index is -5.15. The van der Waals surface area contributed by atoms with E-state index in [0.29, 0.717) is 0 Å². The normalized spacial score (nSPS) is 7.31. The van der Waals surface area contributed by atoms with Crippen LogP contribution in [0, 0.1) is 60.7 Å². The average molecular weight is 832 g/mol. The Morgan fingerprint density at radius 2 is 0.375 bits per heavy atom. The fourth-order valence-electron chi connectivity index (χ4n) is 0. The molecule has 0 rings (SSSR count). The molecule has 0 aromatic heterocycles. The van der Waals surface area contributed by atoms with Gasteiger partial charge in [0.15, 0.2) is 0 Å². The Balaban J connectivity index is -0.00000000981. The van der Waals surface area contributed by atoms with Gasteiger partial charge in [0.05, 0.1) is 0 Å². The molecule has 0 N–H and O–H groups in total. The second-order valence-corrected chi connectivity index (χ2v) is 38.5. The summed E-state index contributed by atoms with van der Waals surface area (Å²) in [6.07, 6.45) is 0. The van der Waals surface area contributed by atoms with E-state index in [1.165, 1.54) is 0 Å². The van der Waals surface area contributed by atoms with E-state index in [1.54, 1.807) is 0 Å². The second kappa shape index (κ2) is 65.4. The molecule has 0 saturated carbocycles. The standard InChI is InChI=1S/6ClH.6HNO2.6Na.2Rh/c;;;;;;6*2-1-3;;;;;;;;/h6*1H;6*(H,2,3);;;;;;;;/q;;;;;;;;;;;;6*+1;;+3/p-12. The quantitative estimate of drug-likeness (QED) is 0.125. The Labute approximate surface area is 346 Å². The van der Waals surface area contributed by atoms with Gasteiger partial charge in [-0.25, -0.2) is 0 Å². The van der Waals surface area contributed by atoms with Gasteiger partial charge in [-0.2, -0.15) is 0 Å². The van der Waals surface area contributed by atoms with Crippen molar-refractivity contribution in [2.24, 2.45) is 32.0 Å². The topological polar surface area (TPSA) is 315 Å². The van der Waals surface area contributed by atoms with E-state index in [1.807, 2.05) is 0 Å². The molecule has 0 atom stereocenters. The van der Waals surface area contributed by atoms with Crippen LogP contribution in [0.5, 0.6) is 0 Å². The molecule has 0 fully saturated rings. The zero-order chi connectivity index (χ0) is 22.7. The zero-order valence-electron chi connectivity index (χ0n) is 16.5. The van der Waals surface area contributed by atoms with Gasteiger partial charge in [-0.1, -0.05) is 0 Å². The van der Waals surface area contributed by atoms with E-state index in [4.69, 9.17) is 119 Å². The van der Waals surface area contributed by atoms with Gasteiger partial charge in [0.25, 0.3) is 0 Å². The molecule has 0 unspecified atom stereocenters. The Morgan fingerprint density at radius 1 is 0.375 bits per heavy atom. The van der Waals surface area contributed by atoms with Crippen LogP contribution in [0.3, 0.4) is 0 Å². The first-order valence-electron chi connectivity index (χ1n) is 2.95. The van der Waals surface area contributed by atoms with Gasteiger partial charge < -0.3 is 60.7 Å². The molecule has 0 aliphatic carbocycles.